The Labute approximate surface area is 166 Å². The minimum atomic E-state index is -3.34. The second-order valence-electron chi connectivity index (χ2n) is 8.19. The minimum Gasteiger partial charge on any atom is -0.376 e. The molecule has 2 fully saturated rings. The lowest BCUT2D eigenvalue weighted by molar-refractivity contribution is -0.132. The molecule has 1 saturated heterocycles. The van der Waals surface area contributed by atoms with E-state index in [1.807, 2.05) is 12.1 Å². The highest BCUT2D eigenvalue weighted by Crippen LogP contribution is 2.38. The van der Waals surface area contributed by atoms with E-state index in [-0.39, 0.29) is 30.6 Å². The summed E-state index contributed by atoms with van der Waals surface area (Å²) in [5.41, 5.74) is 2.31. The van der Waals surface area contributed by atoms with Gasteiger partial charge in [0.25, 0.3) is 0 Å². The van der Waals surface area contributed by atoms with E-state index in [0.717, 1.165) is 37.6 Å². The lowest BCUT2D eigenvalue weighted by atomic mass is 9.82. The van der Waals surface area contributed by atoms with Crippen molar-refractivity contribution >= 4 is 21.6 Å². The smallest absolute Gasteiger partial charge is 0.242 e. The van der Waals surface area contributed by atoms with Crippen LogP contribution in [0.2, 0.25) is 0 Å². The van der Waals surface area contributed by atoms with E-state index in [1.54, 1.807) is 4.90 Å². The van der Waals surface area contributed by atoms with Crippen molar-refractivity contribution in [3.63, 3.8) is 0 Å². The summed E-state index contributed by atoms with van der Waals surface area (Å²) in [6, 6.07) is 7.68. The van der Waals surface area contributed by atoms with Gasteiger partial charge in [-0.2, -0.15) is 0 Å². The third-order valence-corrected chi connectivity index (χ3v) is 6.97. The number of nitrogens with one attached hydrogen (secondary N) is 2. The summed E-state index contributed by atoms with van der Waals surface area (Å²) in [4.78, 5) is 14.7. The van der Waals surface area contributed by atoms with Crippen LogP contribution in [0.5, 0.6) is 0 Å². The first-order valence-electron chi connectivity index (χ1n) is 10.1. The van der Waals surface area contributed by atoms with Crippen molar-refractivity contribution in [2.75, 3.05) is 31.3 Å². The molecule has 2 N–H and O–H groups in total. The van der Waals surface area contributed by atoms with E-state index in [2.05, 4.69) is 22.2 Å². The molecule has 7 nitrogen and oxygen atoms in total. The Morgan fingerprint density at radius 3 is 2.64 bits per heavy atom. The Morgan fingerprint density at radius 1 is 1.14 bits per heavy atom. The van der Waals surface area contributed by atoms with Gasteiger partial charge in [0.1, 0.15) is 0 Å². The molecule has 8 heteroatoms. The molecule has 1 aromatic carbocycles. The van der Waals surface area contributed by atoms with Crippen LogP contribution in [-0.4, -0.2) is 63.4 Å². The lowest BCUT2D eigenvalue weighted by Crippen LogP contribution is -2.50. The first kappa shape index (κ1) is 19.7. The molecule has 1 saturated carbocycles. The zero-order valence-corrected chi connectivity index (χ0v) is 17.1. The number of amides is 1. The van der Waals surface area contributed by atoms with Crippen molar-refractivity contribution in [3.05, 3.63) is 29.8 Å². The summed E-state index contributed by atoms with van der Waals surface area (Å²) < 4.78 is 32.4. The van der Waals surface area contributed by atoms with Gasteiger partial charge in [0.2, 0.25) is 15.9 Å². The van der Waals surface area contributed by atoms with E-state index in [1.165, 1.54) is 5.56 Å². The zero-order valence-electron chi connectivity index (χ0n) is 16.3. The Bertz CT molecular complexity index is 820. The summed E-state index contributed by atoms with van der Waals surface area (Å²) in [7, 11) is -3.34. The number of benzene rings is 1. The van der Waals surface area contributed by atoms with E-state index >= 15 is 0 Å². The van der Waals surface area contributed by atoms with Gasteiger partial charge >= 0.3 is 0 Å². The van der Waals surface area contributed by atoms with Crippen LogP contribution in [0.3, 0.4) is 0 Å². The molecule has 1 aliphatic carbocycles. The maximum absolute atomic E-state index is 12.9. The van der Waals surface area contributed by atoms with Gasteiger partial charge in [-0.15, -0.1) is 0 Å². The molecule has 28 heavy (non-hydrogen) atoms. The van der Waals surface area contributed by atoms with Crippen LogP contribution in [0.15, 0.2) is 24.3 Å². The Morgan fingerprint density at radius 2 is 1.89 bits per heavy atom. The van der Waals surface area contributed by atoms with Crippen LogP contribution in [-0.2, 0) is 19.6 Å². The molecule has 4 aliphatic rings. The zero-order chi connectivity index (χ0) is 19.7. The number of para-hydroxylation sites is 1. The third-order valence-electron chi connectivity index (χ3n) is 6.24. The van der Waals surface area contributed by atoms with Crippen molar-refractivity contribution in [3.8, 4) is 0 Å². The van der Waals surface area contributed by atoms with Gasteiger partial charge in [0.05, 0.1) is 31.6 Å². The molecule has 0 aromatic heterocycles. The highest BCUT2D eigenvalue weighted by Gasteiger charge is 2.39. The van der Waals surface area contributed by atoms with Gasteiger partial charge in [0.15, 0.2) is 0 Å². The van der Waals surface area contributed by atoms with Crippen LogP contribution in [0, 0.1) is 0 Å². The minimum absolute atomic E-state index is 0.0206. The summed E-state index contributed by atoms with van der Waals surface area (Å²) in [6.45, 7) is 1.12. The number of sulfonamides is 1. The number of nitrogens with zero attached hydrogens (tertiary/aromatic N) is 1. The van der Waals surface area contributed by atoms with Gasteiger partial charge < -0.3 is 15.0 Å². The summed E-state index contributed by atoms with van der Waals surface area (Å²) in [5, 5.41) is 3.34. The average Bonchev–Trinajstić information content (AvgIpc) is 3.05. The summed E-state index contributed by atoms with van der Waals surface area (Å²) in [5.74, 6) is 0.464. The number of anilines is 1. The van der Waals surface area contributed by atoms with Crippen molar-refractivity contribution in [1.29, 1.82) is 0 Å². The summed E-state index contributed by atoms with van der Waals surface area (Å²) in [6.07, 6.45) is 6.06. The fourth-order valence-corrected chi connectivity index (χ4v) is 5.67. The maximum Gasteiger partial charge on any atom is 0.242 e. The number of hydrogen-bond donors (Lipinski definition) is 2. The van der Waals surface area contributed by atoms with Crippen LogP contribution in [0.25, 0.3) is 0 Å². The molecule has 2 atom stereocenters. The van der Waals surface area contributed by atoms with E-state index < -0.39 is 10.0 Å². The topological polar surface area (TPSA) is 87.7 Å². The van der Waals surface area contributed by atoms with Crippen molar-refractivity contribution in [2.24, 2.45) is 0 Å². The molecule has 2 unspecified atom stereocenters. The first-order valence-corrected chi connectivity index (χ1v) is 12.0. The normalized spacial score (nSPS) is 31.2. The third kappa shape index (κ3) is 4.34. The van der Waals surface area contributed by atoms with Gasteiger partial charge in [-0.3, -0.25) is 4.79 Å². The molecule has 1 amide bonds. The van der Waals surface area contributed by atoms with E-state index in [9.17, 15) is 13.2 Å². The number of fused-ring (bicyclic) bond motifs is 5. The van der Waals surface area contributed by atoms with Crippen molar-refractivity contribution in [1.82, 2.24) is 9.62 Å². The number of hydrogen-bond acceptors (Lipinski definition) is 5. The van der Waals surface area contributed by atoms with Crippen molar-refractivity contribution in [2.45, 2.75) is 56.2 Å². The Hall–Kier alpha value is -1.64. The predicted molar refractivity (Wildman–Crippen MR) is 108 cm³/mol. The van der Waals surface area contributed by atoms with E-state index in [4.69, 9.17) is 4.74 Å². The van der Waals surface area contributed by atoms with Gasteiger partial charge in [0, 0.05) is 18.3 Å². The van der Waals surface area contributed by atoms with Crippen LogP contribution in [0.1, 0.15) is 43.6 Å². The predicted octanol–water partition coefficient (Wildman–Crippen LogP) is 1.67. The maximum atomic E-state index is 12.9. The highest BCUT2D eigenvalue weighted by atomic mass is 32.2. The standard InChI is InChI=1S/C20H29N3O4S/c1-28(25,26)22-18-10-11-23-19(18)13-27-15-8-6-14(7-9-15)16-4-2-3-5-17(16)21-12-20(23)24/h2-5,14-15,18-19,21-22H,6-13H2,1H3. The molecule has 154 valence electrons. The number of carbonyl (C=O) groups is 1. The fraction of sp³-hybridized carbons (Fsp3) is 0.650. The highest BCUT2D eigenvalue weighted by molar-refractivity contribution is 7.88. The first-order chi connectivity index (χ1) is 13.4. The molecule has 0 spiro atoms. The second-order valence-corrected chi connectivity index (χ2v) is 9.97. The number of ether oxygens (including phenoxy) is 1. The quantitative estimate of drug-likeness (QED) is 0.779. The Balaban J connectivity index is 1.59. The number of rotatable bonds is 2. The molecule has 1 aromatic rings. The molecule has 3 aliphatic heterocycles. The molecule has 0 radical (unpaired) electrons. The van der Waals surface area contributed by atoms with Crippen LogP contribution in [0.4, 0.5) is 5.69 Å². The second kappa shape index (κ2) is 8.00. The van der Waals surface area contributed by atoms with E-state index in [0.29, 0.717) is 25.5 Å². The lowest BCUT2D eigenvalue weighted by Gasteiger charge is -2.32. The molecule has 2 bridgehead atoms. The largest absolute Gasteiger partial charge is 0.376 e. The van der Waals surface area contributed by atoms with Crippen molar-refractivity contribution < 1.29 is 17.9 Å². The van der Waals surface area contributed by atoms with Gasteiger partial charge in [-0.1, -0.05) is 18.2 Å². The number of carbonyl (C=O) groups excluding carboxylic acids is 1. The fourth-order valence-electron chi connectivity index (χ4n) is 4.84. The van der Waals surface area contributed by atoms with Gasteiger partial charge in [-0.05, 0) is 49.7 Å². The molecular formula is C20H29N3O4S. The molecule has 5 rings (SSSR count). The monoisotopic (exact) mass is 407 g/mol. The molecular weight excluding hydrogens is 378 g/mol. The SMILES string of the molecule is CS(=O)(=O)NC1CCN2C(=O)CNc3ccccc3C3CCC(CC3)OCC12. The van der Waals surface area contributed by atoms with Crippen LogP contribution >= 0.6 is 0 Å². The Kier molecular flexibility index (Phi) is 5.62. The summed E-state index contributed by atoms with van der Waals surface area (Å²) >= 11 is 0. The average molecular weight is 408 g/mol. The molecule has 3 heterocycles. The van der Waals surface area contributed by atoms with Gasteiger partial charge in [-0.25, -0.2) is 13.1 Å². The van der Waals surface area contributed by atoms with Crippen LogP contribution < -0.4 is 10.0 Å².